The minimum Gasteiger partial charge on any atom is -0.301 e. The molecule has 6 heteroatoms. The average molecular weight is 389 g/mol. The van der Waals surface area contributed by atoms with Gasteiger partial charge in [-0.05, 0) is 38.5 Å². The van der Waals surface area contributed by atoms with Gasteiger partial charge in [0, 0.05) is 5.41 Å². The molecule has 0 aliphatic carbocycles. The summed E-state index contributed by atoms with van der Waals surface area (Å²) in [6, 6.07) is 0. The normalized spacial score (nSPS) is 11.5. The van der Waals surface area contributed by atoms with Gasteiger partial charge < -0.3 is 5.32 Å². The van der Waals surface area contributed by atoms with Crippen molar-refractivity contribution >= 4 is 60.9 Å². The predicted octanol–water partition coefficient (Wildman–Crippen LogP) is 3.49. The van der Waals surface area contributed by atoms with Gasteiger partial charge in [0.05, 0.1) is 0 Å². The van der Waals surface area contributed by atoms with E-state index in [9.17, 15) is 4.79 Å². The summed E-state index contributed by atoms with van der Waals surface area (Å²) in [5.74, 6) is -0.0184. The molecule has 0 spiro atoms. The molecule has 0 fully saturated rings. The van der Waals surface area contributed by atoms with E-state index in [0.29, 0.717) is 5.13 Å². The fourth-order valence-corrected chi connectivity index (χ4v) is 2.49. The molecule has 0 aliphatic heterocycles. The lowest BCUT2D eigenvalue weighted by atomic mass is 9.96. The molecule has 14 heavy (non-hydrogen) atoms. The summed E-state index contributed by atoms with van der Waals surface area (Å²) >= 11 is 6.92. The summed E-state index contributed by atoms with van der Waals surface area (Å²) in [5, 5.41) is 3.42. The molecule has 1 amide bonds. The first-order chi connectivity index (χ1) is 6.30. The van der Waals surface area contributed by atoms with Gasteiger partial charge >= 0.3 is 0 Å². The molecule has 1 N–H and O–H groups in total. The van der Waals surface area contributed by atoms with E-state index in [1.807, 2.05) is 20.8 Å². The lowest BCUT2D eigenvalue weighted by Crippen LogP contribution is -2.27. The van der Waals surface area contributed by atoms with Gasteiger partial charge in [-0.2, -0.15) is 0 Å². The maximum absolute atomic E-state index is 11.6. The first kappa shape index (κ1) is 12.4. The summed E-state index contributed by atoms with van der Waals surface area (Å²) in [6.45, 7) is 5.61. The number of carbonyl (C=O) groups excluding carboxylic acids is 1. The Bertz CT molecular complexity index is 339. The van der Waals surface area contributed by atoms with Crippen LogP contribution >= 0.6 is 49.9 Å². The summed E-state index contributed by atoms with van der Waals surface area (Å²) in [6.07, 6.45) is 0. The summed E-state index contributed by atoms with van der Waals surface area (Å²) in [5.41, 5.74) is -0.385. The van der Waals surface area contributed by atoms with Crippen molar-refractivity contribution in [1.29, 1.82) is 0 Å². The van der Waals surface area contributed by atoms with Crippen molar-refractivity contribution in [3.8, 4) is 0 Å². The lowest BCUT2D eigenvalue weighted by molar-refractivity contribution is -0.123. The van der Waals surface area contributed by atoms with E-state index in [-0.39, 0.29) is 11.3 Å². The van der Waals surface area contributed by atoms with E-state index >= 15 is 0 Å². The molecule has 0 radical (unpaired) electrons. The van der Waals surface area contributed by atoms with E-state index in [0.717, 1.165) is 7.49 Å². The van der Waals surface area contributed by atoms with Crippen molar-refractivity contribution in [2.45, 2.75) is 20.8 Å². The maximum atomic E-state index is 11.6. The highest BCUT2D eigenvalue weighted by Crippen LogP contribution is 2.29. The van der Waals surface area contributed by atoms with Gasteiger partial charge in [0.15, 0.2) is 5.13 Å². The number of carbonyl (C=O) groups is 1. The van der Waals surface area contributed by atoms with Crippen LogP contribution in [-0.2, 0) is 4.79 Å². The molecule has 0 saturated heterocycles. The molecule has 0 bridgehead atoms. The van der Waals surface area contributed by atoms with Crippen LogP contribution in [0, 0.1) is 8.30 Å². The van der Waals surface area contributed by atoms with Crippen molar-refractivity contribution < 1.29 is 4.79 Å². The number of anilines is 1. The van der Waals surface area contributed by atoms with Crippen LogP contribution in [0.3, 0.4) is 0 Å². The Hall–Kier alpha value is 0.310. The van der Waals surface area contributed by atoms with Gasteiger partial charge in [0.2, 0.25) is 5.91 Å². The molecule has 3 nitrogen and oxygen atoms in total. The standard InChI is InChI=1S/C8H10BrIN2OS/c1-8(2,3)6(13)12-7-11-4(9)5(10)14-7/h1-3H3,(H,11,12,13). The van der Waals surface area contributed by atoms with Crippen LogP contribution in [0.5, 0.6) is 0 Å². The Kier molecular flexibility index (Phi) is 3.93. The maximum Gasteiger partial charge on any atom is 0.231 e. The average Bonchev–Trinajstić information content (AvgIpc) is 2.29. The van der Waals surface area contributed by atoms with Gasteiger partial charge in [-0.1, -0.05) is 32.1 Å². The minimum absolute atomic E-state index is 0.0184. The molecule has 0 aliphatic rings. The molecule has 1 aromatic rings. The molecule has 0 saturated carbocycles. The van der Waals surface area contributed by atoms with Crippen LogP contribution in [0.2, 0.25) is 0 Å². The molecular formula is C8H10BrIN2OS. The van der Waals surface area contributed by atoms with Crippen LogP contribution in [0.25, 0.3) is 0 Å². The van der Waals surface area contributed by atoms with Gasteiger partial charge in [-0.15, -0.1) is 0 Å². The van der Waals surface area contributed by atoms with Crippen molar-refractivity contribution in [3.63, 3.8) is 0 Å². The molecule has 78 valence electrons. The fraction of sp³-hybridized carbons (Fsp3) is 0.500. The predicted molar refractivity (Wildman–Crippen MR) is 70.6 cm³/mol. The number of hydrogen-bond donors (Lipinski definition) is 1. The Balaban J connectivity index is 2.75. The topological polar surface area (TPSA) is 42.0 Å². The summed E-state index contributed by atoms with van der Waals surface area (Å²) in [7, 11) is 0. The third-order valence-corrected chi connectivity index (χ3v) is 4.96. The van der Waals surface area contributed by atoms with Gasteiger partial charge in [-0.25, -0.2) is 4.98 Å². The summed E-state index contributed by atoms with van der Waals surface area (Å²) < 4.78 is 1.82. The van der Waals surface area contributed by atoms with Crippen LogP contribution in [0.4, 0.5) is 5.13 Å². The second-order valence-electron chi connectivity index (χ2n) is 3.79. The molecular weight excluding hydrogens is 379 g/mol. The number of nitrogens with zero attached hydrogens (tertiary/aromatic N) is 1. The number of rotatable bonds is 1. The first-order valence-electron chi connectivity index (χ1n) is 3.94. The quantitative estimate of drug-likeness (QED) is 0.748. The number of thiazole rings is 1. The highest BCUT2D eigenvalue weighted by Gasteiger charge is 2.22. The number of hydrogen-bond acceptors (Lipinski definition) is 3. The van der Waals surface area contributed by atoms with Crippen LogP contribution in [0.1, 0.15) is 20.8 Å². The highest BCUT2D eigenvalue weighted by molar-refractivity contribution is 14.1. The number of aromatic nitrogens is 1. The fourth-order valence-electron chi connectivity index (χ4n) is 0.621. The first-order valence-corrected chi connectivity index (χ1v) is 6.63. The smallest absolute Gasteiger partial charge is 0.231 e. The number of halogens is 2. The van der Waals surface area contributed by atoms with E-state index in [1.54, 1.807) is 0 Å². The van der Waals surface area contributed by atoms with E-state index in [4.69, 9.17) is 0 Å². The Morgan fingerprint density at radius 1 is 1.57 bits per heavy atom. The number of amides is 1. The van der Waals surface area contributed by atoms with Gasteiger partial charge in [-0.3, -0.25) is 4.79 Å². The minimum atomic E-state index is -0.385. The second-order valence-corrected chi connectivity index (χ2v) is 7.35. The molecule has 0 atom stereocenters. The van der Waals surface area contributed by atoms with Crippen molar-refractivity contribution in [3.05, 3.63) is 7.49 Å². The molecule has 0 unspecified atom stereocenters. The highest BCUT2D eigenvalue weighted by atomic mass is 127. The zero-order chi connectivity index (χ0) is 10.9. The monoisotopic (exact) mass is 388 g/mol. The molecule has 0 aromatic carbocycles. The Labute approximate surface area is 109 Å². The third-order valence-electron chi connectivity index (χ3n) is 1.45. The summed E-state index contributed by atoms with van der Waals surface area (Å²) in [4.78, 5) is 15.8. The second kappa shape index (κ2) is 4.44. The van der Waals surface area contributed by atoms with Gasteiger partial charge in [0.1, 0.15) is 7.49 Å². The Morgan fingerprint density at radius 3 is 2.50 bits per heavy atom. The van der Waals surface area contributed by atoms with Gasteiger partial charge in [0.25, 0.3) is 0 Å². The van der Waals surface area contributed by atoms with Crippen LogP contribution < -0.4 is 5.32 Å². The van der Waals surface area contributed by atoms with E-state index in [1.165, 1.54) is 11.3 Å². The van der Waals surface area contributed by atoms with Crippen LogP contribution in [-0.4, -0.2) is 10.9 Å². The zero-order valence-corrected chi connectivity index (χ0v) is 12.6. The van der Waals surface area contributed by atoms with Crippen molar-refractivity contribution in [1.82, 2.24) is 4.98 Å². The van der Waals surface area contributed by atoms with E-state index < -0.39 is 0 Å². The lowest BCUT2D eigenvalue weighted by Gasteiger charge is -2.15. The van der Waals surface area contributed by atoms with E-state index in [2.05, 4.69) is 48.8 Å². The molecule has 1 rings (SSSR count). The van der Waals surface area contributed by atoms with Crippen LogP contribution in [0.15, 0.2) is 4.60 Å². The van der Waals surface area contributed by atoms with Crippen molar-refractivity contribution in [2.75, 3.05) is 5.32 Å². The molecule has 1 aromatic heterocycles. The number of nitrogens with one attached hydrogen (secondary N) is 1. The zero-order valence-electron chi connectivity index (χ0n) is 8.02. The Morgan fingerprint density at radius 2 is 2.14 bits per heavy atom. The molecule has 1 heterocycles. The largest absolute Gasteiger partial charge is 0.301 e. The van der Waals surface area contributed by atoms with Crippen molar-refractivity contribution in [2.24, 2.45) is 5.41 Å². The SMILES string of the molecule is CC(C)(C)C(=O)Nc1nc(Br)c(I)s1. The third kappa shape index (κ3) is 3.16.